The highest BCUT2D eigenvalue weighted by Gasteiger charge is 2.29. The normalized spacial score (nSPS) is 12.8. The summed E-state index contributed by atoms with van der Waals surface area (Å²) >= 11 is 1.70. The molecule has 32 heavy (non-hydrogen) atoms. The molecule has 164 valence electrons. The highest BCUT2D eigenvalue weighted by atomic mass is 32.1. The summed E-state index contributed by atoms with van der Waals surface area (Å²) in [4.78, 5) is 38.0. The fourth-order valence-corrected chi connectivity index (χ4v) is 4.02. The van der Waals surface area contributed by atoms with Crippen molar-refractivity contribution >= 4 is 46.1 Å². The number of anilines is 3. The highest BCUT2D eigenvalue weighted by molar-refractivity contribution is 7.09. The van der Waals surface area contributed by atoms with Crippen LogP contribution < -0.4 is 16.0 Å². The Labute approximate surface area is 191 Å². The van der Waals surface area contributed by atoms with E-state index >= 15 is 0 Å². The summed E-state index contributed by atoms with van der Waals surface area (Å²) in [6.07, 6.45) is 4.00. The van der Waals surface area contributed by atoms with Gasteiger partial charge in [-0.1, -0.05) is 12.1 Å². The average molecular weight is 448 g/mol. The lowest BCUT2D eigenvalue weighted by atomic mass is 10.1. The topological polar surface area (TPSA) is 87.3 Å². The first-order chi connectivity index (χ1) is 15.6. The Balaban J connectivity index is 1.27. The van der Waals surface area contributed by atoms with E-state index in [2.05, 4.69) is 22.0 Å². The average Bonchev–Trinajstić information content (AvgIpc) is 3.52. The van der Waals surface area contributed by atoms with Crippen LogP contribution in [0.1, 0.15) is 40.9 Å². The van der Waals surface area contributed by atoms with E-state index in [1.54, 1.807) is 59.9 Å². The van der Waals surface area contributed by atoms with Crippen LogP contribution >= 0.6 is 11.3 Å². The first-order valence-corrected chi connectivity index (χ1v) is 11.6. The molecule has 6 nitrogen and oxygen atoms in total. The van der Waals surface area contributed by atoms with Gasteiger partial charge in [-0.3, -0.25) is 14.4 Å². The SMILES string of the molecule is O=C(CCCc1cccs1)Nc1cccc(C(=O)Nc2ccc(NC(=O)C3CC3)cc2)c1. The minimum absolute atomic E-state index is 0.0483. The van der Waals surface area contributed by atoms with Gasteiger partial charge in [0, 0.05) is 39.8 Å². The molecule has 0 atom stereocenters. The third-order valence-corrected chi connectivity index (χ3v) is 6.11. The molecule has 0 radical (unpaired) electrons. The molecule has 0 saturated heterocycles. The molecule has 0 unspecified atom stereocenters. The van der Waals surface area contributed by atoms with Crippen LogP contribution in [0.5, 0.6) is 0 Å². The van der Waals surface area contributed by atoms with Gasteiger partial charge in [0.15, 0.2) is 0 Å². The zero-order valence-electron chi connectivity index (χ0n) is 17.6. The predicted molar refractivity (Wildman–Crippen MR) is 128 cm³/mol. The van der Waals surface area contributed by atoms with Gasteiger partial charge in [-0.15, -0.1) is 11.3 Å². The van der Waals surface area contributed by atoms with Gasteiger partial charge in [0.05, 0.1) is 0 Å². The van der Waals surface area contributed by atoms with Crippen molar-refractivity contribution in [2.45, 2.75) is 32.1 Å². The molecule has 7 heteroatoms. The Hall–Kier alpha value is -3.45. The van der Waals surface area contributed by atoms with Crippen molar-refractivity contribution in [2.24, 2.45) is 5.92 Å². The molecule has 1 aliphatic carbocycles. The number of hydrogen-bond acceptors (Lipinski definition) is 4. The van der Waals surface area contributed by atoms with Gasteiger partial charge in [-0.2, -0.15) is 0 Å². The lowest BCUT2D eigenvalue weighted by Gasteiger charge is -2.09. The van der Waals surface area contributed by atoms with Crippen molar-refractivity contribution in [3.63, 3.8) is 0 Å². The molecule has 1 aliphatic rings. The van der Waals surface area contributed by atoms with Gasteiger partial charge in [-0.05, 0) is 79.6 Å². The van der Waals surface area contributed by atoms with E-state index in [-0.39, 0.29) is 23.6 Å². The summed E-state index contributed by atoms with van der Waals surface area (Å²) in [5.74, 6) is -0.146. The summed E-state index contributed by atoms with van der Waals surface area (Å²) in [5.41, 5.74) is 2.38. The van der Waals surface area contributed by atoms with Crippen LogP contribution in [-0.4, -0.2) is 17.7 Å². The van der Waals surface area contributed by atoms with Crippen molar-refractivity contribution in [1.29, 1.82) is 0 Å². The maximum atomic E-state index is 12.6. The molecule has 0 aliphatic heterocycles. The maximum Gasteiger partial charge on any atom is 0.255 e. The number of benzene rings is 2. The van der Waals surface area contributed by atoms with Crippen molar-refractivity contribution in [1.82, 2.24) is 0 Å². The first-order valence-electron chi connectivity index (χ1n) is 10.7. The molecule has 3 aromatic rings. The number of carbonyl (C=O) groups excluding carboxylic acids is 3. The van der Waals surface area contributed by atoms with Crippen LogP contribution in [0.25, 0.3) is 0 Å². The summed E-state index contributed by atoms with van der Waals surface area (Å²) in [7, 11) is 0. The van der Waals surface area contributed by atoms with Crippen LogP contribution in [-0.2, 0) is 16.0 Å². The summed E-state index contributed by atoms with van der Waals surface area (Å²) < 4.78 is 0. The molecule has 4 rings (SSSR count). The van der Waals surface area contributed by atoms with Crippen molar-refractivity contribution in [2.75, 3.05) is 16.0 Å². The number of aryl methyl sites for hydroxylation is 1. The van der Waals surface area contributed by atoms with E-state index < -0.39 is 0 Å². The van der Waals surface area contributed by atoms with Gasteiger partial charge < -0.3 is 16.0 Å². The number of thiophene rings is 1. The molecule has 0 spiro atoms. The monoisotopic (exact) mass is 447 g/mol. The van der Waals surface area contributed by atoms with Crippen LogP contribution in [0.15, 0.2) is 66.0 Å². The minimum atomic E-state index is -0.270. The Morgan fingerprint density at radius 3 is 2.28 bits per heavy atom. The number of nitrogens with one attached hydrogen (secondary N) is 3. The second-order valence-electron chi connectivity index (χ2n) is 7.86. The molecule has 1 heterocycles. The van der Waals surface area contributed by atoms with Crippen LogP contribution in [0.3, 0.4) is 0 Å². The maximum absolute atomic E-state index is 12.6. The first kappa shape index (κ1) is 21.8. The molecule has 1 fully saturated rings. The van der Waals surface area contributed by atoms with Gasteiger partial charge >= 0.3 is 0 Å². The van der Waals surface area contributed by atoms with E-state index in [4.69, 9.17) is 0 Å². The van der Waals surface area contributed by atoms with Gasteiger partial charge in [0.2, 0.25) is 11.8 Å². The molecule has 2 aromatic carbocycles. The Bertz CT molecular complexity index is 1090. The van der Waals surface area contributed by atoms with Crippen LogP contribution in [0.2, 0.25) is 0 Å². The van der Waals surface area contributed by atoms with E-state index in [9.17, 15) is 14.4 Å². The molecule has 1 aromatic heterocycles. The number of carbonyl (C=O) groups is 3. The molecular formula is C25H25N3O3S. The largest absolute Gasteiger partial charge is 0.326 e. The predicted octanol–water partition coefficient (Wildman–Crippen LogP) is 5.31. The lowest BCUT2D eigenvalue weighted by molar-refractivity contribution is -0.117. The van der Waals surface area contributed by atoms with Crippen LogP contribution in [0.4, 0.5) is 17.1 Å². The fraction of sp³-hybridized carbons (Fsp3) is 0.240. The van der Waals surface area contributed by atoms with Crippen molar-refractivity contribution in [3.8, 4) is 0 Å². The lowest BCUT2D eigenvalue weighted by Crippen LogP contribution is -2.15. The molecular weight excluding hydrogens is 422 g/mol. The number of hydrogen-bond donors (Lipinski definition) is 3. The van der Waals surface area contributed by atoms with Crippen molar-refractivity contribution in [3.05, 3.63) is 76.5 Å². The third-order valence-electron chi connectivity index (χ3n) is 5.17. The number of rotatable bonds is 9. The van der Waals surface area contributed by atoms with Gasteiger partial charge in [0.25, 0.3) is 5.91 Å². The van der Waals surface area contributed by atoms with Gasteiger partial charge in [0.1, 0.15) is 0 Å². The van der Waals surface area contributed by atoms with Crippen LogP contribution in [0, 0.1) is 5.92 Å². The minimum Gasteiger partial charge on any atom is -0.326 e. The van der Waals surface area contributed by atoms with E-state index in [0.29, 0.717) is 29.0 Å². The Kier molecular flexibility index (Phi) is 6.97. The second kappa shape index (κ2) is 10.2. The van der Waals surface area contributed by atoms with Crippen molar-refractivity contribution < 1.29 is 14.4 Å². The zero-order valence-corrected chi connectivity index (χ0v) is 18.4. The summed E-state index contributed by atoms with van der Waals surface area (Å²) in [6.45, 7) is 0. The Morgan fingerprint density at radius 1 is 0.844 bits per heavy atom. The van der Waals surface area contributed by atoms with E-state index in [1.807, 2.05) is 11.4 Å². The summed E-state index contributed by atoms with van der Waals surface area (Å²) in [5, 5.41) is 10.6. The molecule has 3 N–H and O–H groups in total. The molecule has 0 bridgehead atoms. The van der Waals surface area contributed by atoms with E-state index in [0.717, 1.165) is 25.7 Å². The Morgan fingerprint density at radius 2 is 1.59 bits per heavy atom. The molecule has 1 saturated carbocycles. The summed E-state index contributed by atoms with van der Waals surface area (Å²) in [6, 6.07) is 18.0. The smallest absolute Gasteiger partial charge is 0.255 e. The standard InChI is InChI=1S/C25H25N3O3S/c29-23(8-2-6-22-7-3-15-32-22)26-21-5-1-4-18(16-21)25(31)28-20-13-11-19(12-14-20)27-24(30)17-9-10-17/h1,3-5,7,11-17H,2,6,8-10H2,(H,26,29)(H,27,30)(H,28,31). The highest BCUT2D eigenvalue weighted by Crippen LogP contribution is 2.30. The second-order valence-corrected chi connectivity index (χ2v) is 8.89. The molecule has 3 amide bonds. The number of amides is 3. The quantitative estimate of drug-likeness (QED) is 0.415. The zero-order chi connectivity index (χ0) is 22.3. The van der Waals surface area contributed by atoms with Gasteiger partial charge in [-0.25, -0.2) is 0 Å². The third kappa shape index (κ3) is 6.28. The fourth-order valence-electron chi connectivity index (χ4n) is 3.27. The van der Waals surface area contributed by atoms with E-state index in [1.165, 1.54) is 4.88 Å².